The molecule has 1 aliphatic rings. The lowest BCUT2D eigenvalue weighted by Crippen LogP contribution is -2.58. The number of hydrogen-bond acceptors (Lipinski definition) is 3. The summed E-state index contributed by atoms with van der Waals surface area (Å²) in [6.45, 7) is 0. The van der Waals surface area contributed by atoms with E-state index in [9.17, 15) is 17.2 Å². The van der Waals surface area contributed by atoms with Crippen LogP contribution in [0.25, 0.3) is 0 Å². The molecule has 1 saturated carbocycles. The average Bonchev–Trinajstić information content (AvgIpc) is 2.42. The maximum absolute atomic E-state index is 13.7. The van der Waals surface area contributed by atoms with E-state index in [1.807, 2.05) is 0 Å². The Labute approximate surface area is 122 Å². The van der Waals surface area contributed by atoms with Crippen molar-refractivity contribution in [2.45, 2.75) is 42.5 Å². The number of benzene rings is 1. The van der Waals surface area contributed by atoms with Crippen molar-refractivity contribution in [2.24, 2.45) is 5.73 Å². The monoisotopic (exact) mass is 317 g/mol. The van der Waals surface area contributed by atoms with Crippen molar-refractivity contribution in [3.8, 4) is 0 Å². The first kappa shape index (κ1) is 15.8. The van der Waals surface area contributed by atoms with Gasteiger partial charge in [-0.1, -0.05) is 19.3 Å². The van der Waals surface area contributed by atoms with E-state index in [2.05, 4.69) is 4.72 Å². The van der Waals surface area contributed by atoms with Crippen LogP contribution in [0.1, 0.15) is 32.1 Å². The van der Waals surface area contributed by atoms with E-state index in [-0.39, 0.29) is 5.84 Å². The molecule has 4 N–H and O–H groups in total. The topological polar surface area (TPSA) is 96.0 Å². The van der Waals surface area contributed by atoms with Crippen molar-refractivity contribution in [2.75, 3.05) is 0 Å². The number of amidine groups is 1. The Kier molecular flexibility index (Phi) is 4.29. The number of hydrogen-bond donors (Lipinski definition) is 3. The van der Waals surface area contributed by atoms with E-state index in [1.54, 1.807) is 0 Å². The minimum absolute atomic E-state index is 0.303. The summed E-state index contributed by atoms with van der Waals surface area (Å²) in [5.41, 5.74) is 4.33. The van der Waals surface area contributed by atoms with Gasteiger partial charge in [-0.05, 0) is 31.0 Å². The van der Waals surface area contributed by atoms with Crippen molar-refractivity contribution in [3.63, 3.8) is 0 Å². The van der Waals surface area contributed by atoms with Crippen molar-refractivity contribution in [1.82, 2.24) is 4.72 Å². The number of rotatable bonds is 4. The van der Waals surface area contributed by atoms with Crippen LogP contribution in [0, 0.1) is 17.0 Å². The molecule has 21 heavy (non-hydrogen) atoms. The lowest BCUT2D eigenvalue weighted by molar-refractivity contribution is 0.347. The van der Waals surface area contributed by atoms with E-state index in [4.69, 9.17) is 11.1 Å². The highest BCUT2D eigenvalue weighted by atomic mass is 32.2. The van der Waals surface area contributed by atoms with Crippen LogP contribution in [-0.2, 0) is 10.0 Å². The second kappa shape index (κ2) is 5.69. The van der Waals surface area contributed by atoms with Gasteiger partial charge in [0, 0.05) is 0 Å². The fraction of sp³-hybridized carbons (Fsp3) is 0.462. The zero-order valence-corrected chi connectivity index (χ0v) is 12.1. The van der Waals surface area contributed by atoms with Gasteiger partial charge in [0.2, 0.25) is 10.0 Å². The molecule has 116 valence electrons. The van der Waals surface area contributed by atoms with Crippen LogP contribution in [0.5, 0.6) is 0 Å². The van der Waals surface area contributed by atoms with Crippen LogP contribution in [0.3, 0.4) is 0 Å². The zero-order chi connectivity index (χ0) is 15.7. The molecule has 1 aromatic rings. The van der Waals surface area contributed by atoms with Gasteiger partial charge in [-0.25, -0.2) is 17.2 Å². The van der Waals surface area contributed by atoms with Crippen molar-refractivity contribution in [1.29, 1.82) is 5.41 Å². The third-order valence-corrected chi connectivity index (χ3v) is 5.29. The van der Waals surface area contributed by atoms with Gasteiger partial charge in [-0.2, -0.15) is 4.72 Å². The Morgan fingerprint density at radius 1 is 1.24 bits per heavy atom. The number of nitrogens with two attached hydrogens (primary N) is 1. The summed E-state index contributed by atoms with van der Waals surface area (Å²) in [6, 6.07) is 2.22. The number of halogens is 2. The second-order valence-electron chi connectivity index (χ2n) is 5.24. The quantitative estimate of drug-likeness (QED) is 0.584. The molecule has 0 aromatic heterocycles. The Morgan fingerprint density at radius 3 is 2.43 bits per heavy atom. The van der Waals surface area contributed by atoms with Crippen molar-refractivity contribution in [3.05, 3.63) is 29.8 Å². The molecule has 0 radical (unpaired) electrons. The summed E-state index contributed by atoms with van der Waals surface area (Å²) in [5.74, 6) is -2.20. The standard InChI is InChI=1S/C13H17F2N3O2S/c14-9-4-5-10(15)11(8-9)21(19,20)18-13(12(16)17)6-2-1-3-7-13/h4-5,8,18H,1-3,6-7H2,(H3,16,17). The van der Waals surface area contributed by atoms with Crippen LogP contribution >= 0.6 is 0 Å². The van der Waals surface area contributed by atoms with Gasteiger partial charge in [0.25, 0.3) is 0 Å². The molecule has 0 heterocycles. The van der Waals surface area contributed by atoms with Gasteiger partial charge >= 0.3 is 0 Å². The molecule has 8 heteroatoms. The van der Waals surface area contributed by atoms with Crippen molar-refractivity contribution >= 4 is 15.9 Å². The highest BCUT2D eigenvalue weighted by molar-refractivity contribution is 7.89. The predicted molar refractivity (Wildman–Crippen MR) is 74.4 cm³/mol. The van der Waals surface area contributed by atoms with Crippen LogP contribution in [0.4, 0.5) is 8.78 Å². The highest BCUT2D eigenvalue weighted by Crippen LogP contribution is 2.30. The molecular formula is C13H17F2N3O2S. The molecule has 0 saturated heterocycles. The lowest BCUT2D eigenvalue weighted by Gasteiger charge is -2.36. The minimum Gasteiger partial charge on any atom is -0.386 e. The molecular weight excluding hydrogens is 300 g/mol. The lowest BCUT2D eigenvalue weighted by atomic mass is 9.82. The second-order valence-corrected chi connectivity index (χ2v) is 6.89. The molecule has 5 nitrogen and oxygen atoms in total. The van der Waals surface area contributed by atoms with Crippen LogP contribution in [0.15, 0.2) is 23.1 Å². The summed E-state index contributed by atoms with van der Waals surface area (Å²) < 4.78 is 53.8. The molecule has 0 atom stereocenters. The molecule has 1 fully saturated rings. The van der Waals surface area contributed by atoms with Crippen molar-refractivity contribution < 1.29 is 17.2 Å². The normalized spacial score (nSPS) is 18.4. The number of nitrogens with one attached hydrogen (secondary N) is 2. The van der Waals surface area contributed by atoms with Gasteiger partial charge in [-0.15, -0.1) is 0 Å². The van der Waals surface area contributed by atoms with E-state index in [1.165, 1.54) is 0 Å². The minimum atomic E-state index is -4.30. The van der Waals surface area contributed by atoms with Crippen LogP contribution in [0.2, 0.25) is 0 Å². The largest absolute Gasteiger partial charge is 0.386 e. The molecule has 0 bridgehead atoms. The van der Waals surface area contributed by atoms with Crippen LogP contribution in [-0.4, -0.2) is 19.8 Å². The van der Waals surface area contributed by atoms with E-state index in [0.717, 1.165) is 18.6 Å². The Hall–Kier alpha value is -1.54. The SMILES string of the molecule is N=C(N)C1(NS(=O)(=O)c2cc(F)ccc2F)CCCCC1. The van der Waals surface area contributed by atoms with Gasteiger partial charge < -0.3 is 5.73 Å². The molecule has 2 rings (SSSR count). The fourth-order valence-electron chi connectivity index (χ4n) is 2.58. The summed E-state index contributed by atoms with van der Waals surface area (Å²) in [6.07, 6.45) is 3.10. The Balaban J connectivity index is 2.39. The molecule has 1 aromatic carbocycles. The molecule has 0 spiro atoms. The number of sulfonamides is 1. The molecule has 0 aliphatic heterocycles. The van der Waals surface area contributed by atoms with Gasteiger partial charge in [-0.3, -0.25) is 5.41 Å². The maximum Gasteiger partial charge on any atom is 0.244 e. The van der Waals surface area contributed by atoms with E-state index < -0.39 is 32.1 Å². The highest BCUT2D eigenvalue weighted by Gasteiger charge is 2.40. The Bertz CT molecular complexity index is 655. The van der Waals surface area contributed by atoms with Crippen LogP contribution < -0.4 is 10.5 Å². The van der Waals surface area contributed by atoms with Gasteiger partial charge in [0.15, 0.2) is 0 Å². The zero-order valence-electron chi connectivity index (χ0n) is 11.3. The van der Waals surface area contributed by atoms with E-state index >= 15 is 0 Å². The smallest absolute Gasteiger partial charge is 0.244 e. The first-order valence-electron chi connectivity index (χ1n) is 6.60. The third kappa shape index (κ3) is 3.21. The summed E-state index contributed by atoms with van der Waals surface area (Å²) >= 11 is 0. The first-order valence-corrected chi connectivity index (χ1v) is 8.09. The maximum atomic E-state index is 13.7. The average molecular weight is 317 g/mol. The van der Waals surface area contributed by atoms with E-state index in [0.29, 0.717) is 31.7 Å². The fourth-order valence-corrected chi connectivity index (χ4v) is 4.11. The molecule has 0 amide bonds. The third-order valence-electron chi connectivity index (χ3n) is 3.74. The first-order chi connectivity index (χ1) is 9.77. The predicted octanol–water partition coefficient (Wildman–Crippen LogP) is 1.88. The van der Waals surface area contributed by atoms with Gasteiger partial charge in [0.1, 0.15) is 22.4 Å². The summed E-state index contributed by atoms with van der Waals surface area (Å²) in [7, 11) is -4.30. The summed E-state index contributed by atoms with van der Waals surface area (Å²) in [5, 5.41) is 7.66. The Morgan fingerprint density at radius 2 is 1.86 bits per heavy atom. The summed E-state index contributed by atoms with van der Waals surface area (Å²) in [4.78, 5) is -0.770. The van der Waals surface area contributed by atoms with Gasteiger partial charge in [0.05, 0.1) is 5.54 Å². The molecule has 0 unspecified atom stereocenters. The molecule has 1 aliphatic carbocycles.